The third-order valence-corrected chi connectivity index (χ3v) is 4.09. The lowest BCUT2D eigenvalue weighted by Gasteiger charge is -2.24. The second-order valence-electron chi connectivity index (χ2n) is 5.59. The molecule has 0 amide bonds. The summed E-state index contributed by atoms with van der Waals surface area (Å²) < 4.78 is 22.8. The molecule has 0 aromatic rings. The van der Waals surface area contributed by atoms with E-state index in [0.29, 0.717) is 6.42 Å². The van der Waals surface area contributed by atoms with Crippen molar-refractivity contribution in [2.45, 2.75) is 77.5 Å². The monoisotopic (exact) mass is 237 g/mol. The van der Waals surface area contributed by atoms with Crippen molar-refractivity contribution in [3.63, 3.8) is 0 Å². The molecule has 2 aliphatic carbocycles. The molecule has 1 heteroatoms. The molecule has 0 aromatic carbocycles. The van der Waals surface area contributed by atoms with Gasteiger partial charge in [0, 0.05) is 10.5 Å². The van der Waals surface area contributed by atoms with Gasteiger partial charge in [-0.15, -0.1) is 0 Å². The van der Waals surface area contributed by atoms with Crippen LogP contribution in [0.3, 0.4) is 0 Å². The predicted octanol–water partition coefficient (Wildman–Crippen LogP) is 4.81. The van der Waals surface area contributed by atoms with E-state index in [0.717, 1.165) is 31.3 Å². The lowest BCUT2D eigenvalue weighted by atomic mass is 9.80. The van der Waals surface area contributed by atoms with Gasteiger partial charge in [0.05, 0.1) is 0 Å². The summed E-state index contributed by atoms with van der Waals surface area (Å²) in [6.45, 7) is -1.99. The minimum Gasteiger partial charge on any atom is -0.295 e. The van der Waals surface area contributed by atoms with Gasteiger partial charge >= 0.3 is 0 Å². The van der Waals surface area contributed by atoms with Gasteiger partial charge in [-0.2, -0.15) is 0 Å². The molecule has 2 aliphatic rings. The molecule has 0 aromatic heterocycles. The summed E-state index contributed by atoms with van der Waals surface area (Å²) >= 11 is 0. The highest BCUT2D eigenvalue weighted by molar-refractivity contribution is 5.97. The normalized spacial score (nSPS) is 31.9. The summed E-state index contributed by atoms with van der Waals surface area (Å²) in [5.74, 6) is -0.328. The van der Waals surface area contributed by atoms with Crippen molar-refractivity contribution in [2.75, 3.05) is 0 Å². The Hall–Kier alpha value is -0.590. The van der Waals surface area contributed by atoms with Gasteiger partial charge in [0.2, 0.25) is 0 Å². The van der Waals surface area contributed by atoms with Crippen molar-refractivity contribution in [1.29, 1.82) is 0 Å². The Morgan fingerprint density at radius 2 is 1.59 bits per heavy atom. The molecule has 0 aliphatic heterocycles. The zero-order valence-electron chi connectivity index (χ0n) is 13.8. The van der Waals surface area contributed by atoms with E-state index in [1.165, 1.54) is 37.7 Å². The molecule has 0 saturated heterocycles. The first kappa shape index (κ1) is 9.35. The Kier molecular flexibility index (Phi) is 3.51. The summed E-state index contributed by atoms with van der Waals surface area (Å²) in [6, 6.07) is 0. The molecule has 0 bridgehead atoms. The standard InChI is InChI=1S/C16H26O/c1-13-11-14-9-7-5-3-2-4-6-8-10-15(14)16(17)12-13/h13H,2-12H2,1H3/i1D3. The number of carbonyl (C=O) groups is 1. The predicted molar refractivity (Wildman–Crippen MR) is 72.0 cm³/mol. The van der Waals surface area contributed by atoms with Gasteiger partial charge in [-0.3, -0.25) is 4.79 Å². The Morgan fingerprint density at radius 1 is 0.941 bits per heavy atom. The van der Waals surface area contributed by atoms with Crippen LogP contribution in [0, 0.1) is 5.92 Å². The van der Waals surface area contributed by atoms with Gasteiger partial charge in [0.15, 0.2) is 5.78 Å². The maximum Gasteiger partial charge on any atom is 0.159 e. The smallest absolute Gasteiger partial charge is 0.159 e. The fourth-order valence-electron chi connectivity index (χ4n) is 3.13. The fourth-order valence-corrected chi connectivity index (χ4v) is 3.13. The van der Waals surface area contributed by atoms with E-state index in [1.54, 1.807) is 0 Å². The van der Waals surface area contributed by atoms with Crippen molar-refractivity contribution >= 4 is 5.78 Å². The van der Waals surface area contributed by atoms with Crippen LogP contribution in [0.5, 0.6) is 0 Å². The molecule has 1 atom stereocenters. The van der Waals surface area contributed by atoms with E-state index in [2.05, 4.69) is 0 Å². The zero-order chi connectivity index (χ0) is 14.6. The van der Waals surface area contributed by atoms with E-state index in [4.69, 9.17) is 4.11 Å². The van der Waals surface area contributed by atoms with Gasteiger partial charge in [0.1, 0.15) is 0 Å². The highest BCUT2D eigenvalue weighted by Gasteiger charge is 2.24. The molecule has 0 fully saturated rings. The third kappa shape index (κ3) is 3.69. The number of ketones is 1. The van der Waals surface area contributed by atoms with E-state index >= 15 is 0 Å². The number of carbonyl (C=O) groups excluding carboxylic acids is 1. The van der Waals surface area contributed by atoms with Crippen molar-refractivity contribution < 1.29 is 8.91 Å². The van der Waals surface area contributed by atoms with Gasteiger partial charge in [-0.1, -0.05) is 44.5 Å². The van der Waals surface area contributed by atoms with E-state index in [-0.39, 0.29) is 12.2 Å². The van der Waals surface area contributed by atoms with Gasteiger partial charge < -0.3 is 0 Å². The quantitative estimate of drug-likeness (QED) is 0.591. The van der Waals surface area contributed by atoms with Crippen LogP contribution in [0.2, 0.25) is 0 Å². The number of allylic oxidation sites excluding steroid dienone is 2. The van der Waals surface area contributed by atoms with E-state index in [9.17, 15) is 4.79 Å². The number of rotatable bonds is 0. The molecule has 1 unspecified atom stereocenters. The van der Waals surface area contributed by atoms with Gasteiger partial charge in [-0.05, 0) is 43.6 Å². The van der Waals surface area contributed by atoms with Crippen LogP contribution in [-0.4, -0.2) is 5.78 Å². The van der Waals surface area contributed by atoms with Crippen LogP contribution in [0.1, 0.15) is 81.6 Å². The van der Waals surface area contributed by atoms with Crippen LogP contribution < -0.4 is 0 Å². The third-order valence-electron chi connectivity index (χ3n) is 4.09. The SMILES string of the molecule is [2H]C([2H])([2H])C1CC(=O)C2=C(CCCCCCCCC2)C1. The maximum atomic E-state index is 12.3. The molecule has 1 nitrogen and oxygen atoms in total. The van der Waals surface area contributed by atoms with Crippen LogP contribution in [0.15, 0.2) is 11.1 Å². The summed E-state index contributed by atoms with van der Waals surface area (Å²) in [6.07, 6.45) is 11.1. The Bertz CT molecular complexity index is 382. The molecule has 0 N–H and O–H groups in total. The second kappa shape index (κ2) is 6.37. The summed E-state index contributed by atoms with van der Waals surface area (Å²) in [5.41, 5.74) is 2.16. The topological polar surface area (TPSA) is 17.1 Å². The minimum atomic E-state index is -1.99. The average Bonchev–Trinajstić information content (AvgIpc) is 2.41. The highest BCUT2D eigenvalue weighted by atomic mass is 16.1. The van der Waals surface area contributed by atoms with Crippen LogP contribution in [-0.2, 0) is 4.79 Å². The molecule has 17 heavy (non-hydrogen) atoms. The maximum absolute atomic E-state index is 12.3. The summed E-state index contributed by atoms with van der Waals surface area (Å²) in [4.78, 5) is 12.3. The van der Waals surface area contributed by atoms with E-state index < -0.39 is 12.8 Å². The van der Waals surface area contributed by atoms with Crippen molar-refractivity contribution in [3.05, 3.63) is 11.1 Å². The Morgan fingerprint density at radius 3 is 2.29 bits per heavy atom. The molecule has 0 radical (unpaired) electrons. The molecule has 2 rings (SSSR count). The number of hydrogen-bond donors (Lipinski definition) is 0. The molecular weight excluding hydrogens is 208 g/mol. The molecule has 0 heterocycles. The average molecular weight is 237 g/mol. The Labute approximate surface area is 110 Å². The number of Topliss-reactive ketones (excluding diaryl/α,β-unsaturated/α-hetero) is 1. The van der Waals surface area contributed by atoms with Crippen molar-refractivity contribution in [2.24, 2.45) is 5.92 Å². The van der Waals surface area contributed by atoms with E-state index in [1.807, 2.05) is 0 Å². The van der Waals surface area contributed by atoms with Crippen LogP contribution in [0.25, 0.3) is 0 Å². The molecular formula is C16H26O. The van der Waals surface area contributed by atoms with Gasteiger partial charge in [-0.25, -0.2) is 0 Å². The zero-order valence-corrected chi connectivity index (χ0v) is 10.8. The minimum absolute atomic E-state index is 0.117. The van der Waals surface area contributed by atoms with Crippen molar-refractivity contribution in [1.82, 2.24) is 0 Å². The Balaban J connectivity index is 2.14. The first-order chi connectivity index (χ1) is 9.48. The first-order valence-corrected chi connectivity index (χ1v) is 7.22. The molecule has 96 valence electrons. The highest BCUT2D eigenvalue weighted by Crippen LogP contribution is 2.33. The summed E-state index contributed by atoms with van der Waals surface area (Å²) in [7, 11) is 0. The van der Waals surface area contributed by atoms with Crippen molar-refractivity contribution in [3.8, 4) is 0 Å². The largest absolute Gasteiger partial charge is 0.295 e. The fraction of sp³-hybridized carbons (Fsp3) is 0.812. The van der Waals surface area contributed by atoms with Gasteiger partial charge in [0.25, 0.3) is 0 Å². The number of hydrogen-bond acceptors (Lipinski definition) is 1. The van der Waals surface area contributed by atoms with Crippen LogP contribution >= 0.6 is 0 Å². The second-order valence-corrected chi connectivity index (χ2v) is 5.59. The molecule has 0 spiro atoms. The lowest BCUT2D eigenvalue weighted by molar-refractivity contribution is -0.117. The van der Waals surface area contributed by atoms with Crippen LogP contribution in [0.4, 0.5) is 0 Å². The summed E-state index contributed by atoms with van der Waals surface area (Å²) in [5, 5.41) is 0. The molecule has 0 saturated carbocycles. The lowest BCUT2D eigenvalue weighted by Crippen LogP contribution is -2.18. The first-order valence-electron chi connectivity index (χ1n) is 8.72.